The SMILES string of the molecule is C=C.C=C(C)[N+](C)(C)C(=C)[N+](C)(C)OC. The number of allylic oxidation sites excluding steroid dienone is 1. The fourth-order valence-electron chi connectivity index (χ4n) is 0.928. The lowest BCUT2D eigenvalue weighted by molar-refractivity contribution is -1.11. The van der Waals surface area contributed by atoms with Gasteiger partial charge in [-0.15, -0.1) is 17.8 Å². The third kappa shape index (κ3) is 4.00. The summed E-state index contributed by atoms with van der Waals surface area (Å²) in [6.07, 6.45) is 0. The Kier molecular flexibility index (Phi) is 6.45. The molecule has 0 rings (SSSR count). The number of rotatable bonds is 4. The summed E-state index contributed by atoms with van der Waals surface area (Å²) in [5, 5.41) is 0. The molecule has 3 heteroatoms. The quantitative estimate of drug-likeness (QED) is 0.397. The van der Waals surface area contributed by atoms with Gasteiger partial charge in [-0.05, 0) is 6.58 Å². The minimum absolute atomic E-state index is 0.333. The number of nitrogens with zero attached hydrogens (tertiary/aromatic N) is 2. The minimum Gasteiger partial charge on any atom is -0.220 e. The molecule has 0 aliphatic rings. The van der Waals surface area contributed by atoms with Crippen molar-refractivity contribution >= 4 is 0 Å². The van der Waals surface area contributed by atoms with Crippen molar-refractivity contribution in [1.29, 1.82) is 0 Å². The van der Waals surface area contributed by atoms with Crippen molar-refractivity contribution in [3.63, 3.8) is 0 Å². The maximum Gasteiger partial charge on any atom is 0.323 e. The molecular formula is C12H26N2O+2. The Morgan fingerprint density at radius 2 is 1.33 bits per heavy atom. The van der Waals surface area contributed by atoms with Gasteiger partial charge in [-0.1, -0.05) is 0 Å². The highest BCUT2D eigenvalue weighted by Crippen LogP contribution is 2.23. The topological polar surface area (TPSA) is 9.23 Å². The molecule has 0 bridgehead atoms. The first kappa shape index (κ1) is 16.5. The van der Waals surface area contributed by atoms with Gasteiger partial charge in [0.05, 0.1) is 21.2 Å². The van der Waals surface area contributed by atoms with Crippen LogP contribution < -0.4 is 0 Å². The molecule has 0 aromatic carbocycles. The highest BCUT2D eigenvalue weighted by Gasteiger charge is 2.37. The maximum atomic E-state index is 5.32. The number of hydrogen-bond donors (Lipinski definition) is 0. The van der Waals surface area contributed by atoms with E-state index in [1.807, 2.05) is 35.1 Å². The lowest BCUT2D eigenvalue weighted by Gasteiger charge is -2.35. The third-order valence-electron chi connectivity index (χ3n) is 2.68. The van der Waals surface area contributed by atoms with Gasteiger partial charge in [0.25, 0.3) is 0 Å². The second-order valence-electron chi connectivity index (χ2n) is 4.14. The van der Waals surface area contributed by atoms with E-state index in [1.165, 1.54) is 0 Å². The standard InChI is InChI=1S/C10H22N2O.C2H4/c1-9(2)11(4,5)10(3)12(6,7)13-8;1-2/h1,3H2,2,4-8H3;1-2H2/q+2;. The van der Waals surface area contributed by atoms with Crippen LogP contribution in [0.15, 0.2) is 37.8 Å². The molecule has 0 amide bonds. The first-order valence-electron chi connectivity index (χ1n) is 4.76. The predicted molar refractivity (Wildman–Crippen MR) is 66.4 cm³/mol. The second-order valence-corrected chi connectivity index (χ2v) is 4.14. The molecule has 0 aromatic heterocycles. The van der Waals surface area contributed by atoms with Gasteiger partial charge in [0.15, 0.2) is 0 Å². The second kappa shape index (κ2) is 5.85. The van der Waals surface area contributed by atoms with Crippen molar-refractivity contribution in [2.24, 2.45) is 0 Å². The lowest BCUT2D eigenvalue weighted by Crippen LogP contribution is -2.50. The van der Waals surface area contributed by atoms with Crippen LogP contribution in [0.5, 0.6) is 0 Å². The Balaban J connectivity index is 0. The zero-order valence-corrected chi connectivity index (χ0v) is 11.1. The molecule has 0 saturated carbocycles. The molecular weight excluding hydrogens is 188 g/mol. The summed E-state index contributed by atoms with van der Waals surface area (Å²) in [7, 11) is 9.66. The first-order valence-corrected chi connectivity index (χ1v) is 4.76. The van der Waals surface area contributed by atoms with Crippen LogP contribution in [-0.4, -0.2) is 44.4 Å². The van der Waals surface area contributed by atoms with Crippen LogP contribution in [0.3, 0.4) is 0 Å². The molecule has 0 unspecified atom stereocenters. The van der Waals surface area contributed by atoms with Gasteiger partial charge >= 0.3 is 5.82 Å². The van der Waals surface area contributed by atoms with Gasteiger partial charge in [-0.3, -0.25) is 0 Å². The molecule has 0 radical (unpaired) electrons. The van der Waals surface area contributed by atoms with Crippen molar-refractivity contribution in [1.82, 2.24) is 0 Å². The lowest BCUT2D eigenvalue weighted by atomic mass is 10.4. The predicted octanol–water partition coefficient (Wildman–Crippen LogP) is 2.51. The Hall–Kier alpha value is -0.900. The smallest absolute Gasteiger partial charge is 0.220 e. The van der Waals surface area contributed by atoms with Gasteiger partial charge in [0.2, 0.25) is 0 Å². The number of hydroxylamine groups is 3. The van der Waals surface area contributed by atoms with Crippen molar-refractivity contribution in [2.45, 2.75) is 6.92 Å². The van der Waals surface area contributed by atoms with E-state index in [-0.39, 0.29) is 0 Å². The minimum atomic E-state index is 0.333. The summed E-state index contributed by atoms with van der Waals surface area (Å²) in [5.74, 6) is 0.940. The molecule has 0 heterocycles. The summed E-state index contributed by atoms with van der Waals surface area (Å²) in [6.45, 7) is 16.0. The average Bonchev–Trinajstić information content (AvgIpc) is 2.19. The van der Waals surface area contributed by atoms with E-state index in [4.69, 9.17) is 4.84 Å². The summed E-state index contributed by atoms with van der Waals surface area (Å²) >= 11 is 0. The normalized spacial score (nSPS) is 11.3. The van der Waals surface area contributed by atoms with Crippen LogP contribution in [0.25, 0.3) is 0 Å². The maximum absolute atomic E-state index is 5.32. The summed E-state index contributed by atoms with van der Waals surface area (Å²) in [5.41, 5.74) is 1.04. The van der Waals surface area contributed by atoms with Crippen molar-refractivity contribution in [3.8, 4) is 0 Å². The monoisotopic (exact) mass is 214 g/mol. The Morgan fingerprint density at radius 1 is 1.00 bits per heavy atom. The van der Waals surface area contributed by atoms with E-state index in [1.54, 1.807) is 7.11 Å². The molecule has 0 aliphatic carbocycles. The van der Waals surface area contributed by atoms with Crippen molar-refractivity contribution < 1.29 is 14.0 Å². The fraction of sp³-hybridized carbons (Fsp3) is 0.500. The Bertz CT molecular complexity index is 242. The van der Waals surface area contributed by atoms with Gasteiger partial charge in [-0.25, -0.2) is 4.48 Å². The largest absolute Gasteiger partial charge is 0.323 e. The van der Waals surface area contributed by atoms with Crippen LogP contribution in [0.1, 0.15) is 6.92 Å². The summed E-state index contributed by atoms with van der Waals surface area (Å²) < 4.78 is 0.903. The van der Waals surface area contributed by atoms with E-state index < -0.39 is 0 Å². The highest BCUT2D eigenvalue weighted by atomic mass is 16.7. The van der Waals surface area contributed by atoms with Gasteiger partial charge in [0, 0.05) is 13.5 Å². The van der Waals surface area contributed by atoms with Gasteiger partial charge < -0.3 is 0 Å². The van der Waals surface area contributed by atoms with Crippen LogP contribution in [0, 0.1) is 0 Å². The van der Waals surface area contributed by atoms with Crippen LogP contribution in [-0.2, 0) is 4.84 Å². The van der Waals surface area contributed by atoms with Crippen molar-refractivity contribution in [3.05, 3.63) is 37.8 Å². The third-order valence-corrected chi connectivity index (χ3v) is 2.68. The zero-order valence-electron chi connectivity index (χ0n) is 11.1. The summed E-state index contributed by atoms with van der Waals surface area (Å²) in [6, 6.07) is 0. The summed E-state index contributed by atoms with van der Waals surface area (Å²) in [4.78, 5) is 5.32. The van der Waals surface area contributed by atoms with E-state index in [0.717, 1.165) is 11.5 Å². The highest BCUT2D eigenvalue weighted by molar-refractivity contribution is 4.83. The first-order chi connectivity index (χ1) is 6.66. The van der Waals surface area contributed by atoms with E-state index in [2.05, 4.69) is 26.3 Å². The fourth-order valence-corrected chi connectivity index (χ4v) is 0.928. The van der Waals surface area contributed by atoms with E-state index in [0.29, 0.717) is 9.13 Å². The molecule has 15 heavy (non-hydrogen) atoms. The van der Waals surface area contributed by atoms with Crippen LogP contribution >= 0.6 is 0 Å². The average molecular weight is 214 g/mol. The number of hydrogen-bond acceptors (Lipinski definition) is 1. The van der Waals surface area contributed by atoms with Crippen LogP contribution in [0.4, 0.5) is 0 Å². The molecule has 0 fully saturated rings. The van der Waals surface area contributed by atoms with Gasteiger partial charge in [-0.2, -0.15) is 4.84 Å². The van der Waals surface area contributed by atoms with E-state index in [9.17, 15) is 0 Å². The van der Waals surface area contributed by atoms with Crippen molar-refractivity contribution in [2.75, 3.05) is 35.3 Å². The zero-order chi connectivity index (χ0) is 12.9. The van der Waals surface area contributed by atoms with Gasteiger partial charge in [0.1, 0.15) is 19.8 Å². The molecule has 0 aliphatic heterocycles. The molecule has 3 nitrogen and oxygen atoms in total. The molecule has 0 N–H and O–H groups in total. The Morgan fingerprint density at radius 3 is 1.53 bits per heavy atom. The van der Waals surface area contributed by atoms with E-state index >= 15 is 0 Å². The molecule has 0 spiro atoms. The number of quaternary nitrogens is 2. The Labute approximate surface area is 94.7 Å². The molecule has 0 aromatic rings. The molecule has 0 saturated heterocycles. The molecule has 88 valence electrons. The molecule has 0 atom stereocenters. The van der Waals surface area contributed by atoms with Crippen LogP contribution in [0.2, 0.25) is 0 Å².